The Balaban J connectivity index is 2.98. The van der Waals surface area contributed by atoms with Crippen molar-refractivity contribution in [2.45, 2.75) is 5.16 Å². The second-order valence-electron chi connectivity index (χ2n) is 1.36. The van der Waals surface area contributed by atoms with Gasteiger partial charge in [0, 0.05) is 6.26 Å². The molecule has 0 radical (unpaired) electrons. The van der Waals surface area contributed by atoms with Crippen molar-refractivity contribution >= 4 is 26.7 Å². The highest BCUT2D eigenvalue weighted by atomic mass is 79.9. The van der Waals surface area contributed by atoms with E-state index < -0.39 is 10.8 Å². The Morgan fingerprint density at radius 2 is 2.44 bits per heavy atom. The van der Waals surface area contributed by atoms with Crippen LogP contribution in [0.2, 0.25) is 0 Å². The highest BCUT2D eigenvalue weighted by Gasteiger charge is 2.01. The van der Waals surface area contributed by atoms with Crippen LogP contribution in [0.5, 0.6) is 0 Å². The highest BCUT2D eigenvalue weighted by molar-refractivity contribution is 9.10. The molecule has 1 aromatic rings. The second-order valence-corrected chi connectivity index (χ2v) is 3.37. The van der Waals surface area contributed by atoms with Gasteiger partial charge in [0.1, 0.15) is 0 Å². The zero-order valence-electron chi connectivity index (χ0n) is 4.59. The van der Waals surface area contributed by atoms with Crippen molar-refractivity contribution in [3.05, 3.63) is 4.73 Å². The fraction of sp³-hybridized carbons (Fsp3) is 0.333. The molecule has 0 aliphatic carbocycles. The van der Waals surface area contributed by atoms with E-state index in [0.717, 1.165) is 0 Å². The van der Waals surface area contributed by atoms with E-state index in [1.807, 2.05) is 0 Å². The summed E-state index contributed by atoms with van der Waals surface area (Å²) >= 11 is 3.01. The molecule has 0 aliphatic heterocycles. The zero-order valence-corrected chi connectivity index (χ0v) is 6.99. The lowest BCUT2D eigenvalue weighted by Crippen LogP contribution is -1.88. The molecule has 1 heterocycles. The van der Waals surface area contributed by atoms with Crippen LogP contribution >= 0.6 is 15.9 Å². The van der Waals surface area contributed by atoms with Gasteiger partial charge in [-0.2, -0.15) is 4.98 Å². The summed E-state index contributed by atoms with van der Waals surface area (Å²) in [7, 11) is -1.07. The number of hydrogen-bond donors (Lipinski definition) is 1. The fourth-order valence-corrected chi connectivity index (χ4v) is 1.13. The molecule has 0 aliphatic rings. The summed E-state index contributed by atoms with van der Waals surface area (Å²) in [5, 5.41) is 6.51. The molecule has 1 atom stereocenters. The van der Waals surface area contributed by atoms with E-state index in [1.165, 1.54) is 6.26 Å². The molecule has 0 aromatic carbocycles. The Labute approximate surface area is 62.7 Å². The molecule has 0 saturated carbocycles. The van der Waals surface area contributed by atoms with E-state index in [4.69, 9.17) is 0 Å². The molecule has 0 spiro atoms. The maximum atomic E-state index is 10.6. The van der Waals surface area contributed by atoms with Gasteiger partial charge < -0.3 is 0 Å². The summed E-state index contributed by atoms with van der Waals surface area (Å²) in [6, 6.07) is 0. The number of nitrogens with zero attached hydrogens (tertiary/aromatic N) is 2. The number of aromatic nitrogens is 3. The summed E-state index contributed by atoms with van der Waals surface area (Å²) in [5.41, 5.74) is 0. The van der Waals surface area contributed by atoms with Crippen LogP contribution in [0.3, 0.4) is 0 Å². The van der Waals surface area contributed by atoms with E-state index in [9.17, 15) is 4.21 Å². The lowest BCUT2D eigenvalue weighted by atomic mass is 11.3. The van der Waals surface area contributed by atoms with Crippen molar-refractivity contribution < 1.29 is 4.21 Å². The van der Waals surface area contributed by atoms with Crippen LogP contribution in [0.1, 0.15) is 0 Å². The van der Waals surface area contributed by atoms with Crippen molar-refractivity contribution in [1.82, 2.24) is 15.2 Å². The van der Waals surface area contributed by atoms with Gasteiger partial charge in [-0.05, 0) is 15.9 Å². The Kier molecular flexibility index (Phi) is 1.97. The average molecular weight is 210 g/mol. The van der Waals surface area contributed by atoms with Crippen molar-refractivity contribution in [3.8, 4) is 0 Å². The van der Waals surface area contributed by atoms with Crippen LogP contribution in [0, 0.1) is 0 Å². The van der Waals surface area contributed by atoms with E-state index in [-0.39, 0.29) is 0 Å². The molecule has 1 aromatic heterocycles. The third kappa shape index (κ3) is 1.59. The molecule has 1 unspecified atom stereocenters. The minimum Gasteiger partial charge on any atom is -0.251 e. The van der Waals surface area contributed by atoms with Gasteiger partial charge in [0.2, 0.25) is 9.89 Å². The van der Waals surface area contributed by atoms with Crippen LogP contribution in [-0.4, -0.2) is 25.6 Å². The Hall–Kier alpha value is -0.230. The standard InChI is InChI=1S/C3H4BrN3OS/c1-9(8)3-5-2(4)6-7-3/h1H3,(H,5,6,7). The van der Waals surface area contributed by atoms with Gasteiger partial charge in [-0.15, -0.1) is 5.10 Å². The first-order valence-corrected chi connectivity index (χ1v) is 4.46. The van der Waals surface area contributed by atoms with Crippen LogP contribution in [-0.2, 0) is 10.8 Å². The van der Waals surface area contributed by atoms with Gasteiger partial charge in [0.25, 0.3) is 0 Å². The van der Waals surface area contributed by atoms with Crippen LogP contribution in [0.25, 0.3) is 0 Å². The molecular formula is C3H4BrN3OS. The van der Waals surface area contributed by atoms with Crippen molar-refractivity contribution in [1.29, 1.82) is 0 Å². The first-order valence-electron chi connectivity index (χ1n) is 2.11. The molecule has 0 bridgehead atoms. The smallest absolute Gasteiger partial charge is 0.218 e. The maximum absolute atomic E-state index is 10.6. The first kappa shape index (κ1) is 6.88. The summed E-state index contributed by atoms with van der Waals surface area (Å²) in [4.78, 5) is 3.76. The molecule has 0 saturated heterocycles. The molecule has 4 nitrogen and oxygen atoms in total. The van der Waals surface area contributed by atoms with Crippen LogP contribution in [0.4, 0.5) is 0 Å². The van der Waals surface area contributed by atoms with Crippen molar-refractivity contribution in [3.63, 3.8) is 0 Å². The topological polar surface area (TPSA) is 58.6 Å². The van der Waals surface area contributed by atoms with Gasteiger partial charge in [-0.3, -0.25) is 9.31 Å². The molecular weight excluding hydrogens is 206 g/mol. The van der Waals surface area contributed by atoms with E-state index >= 15 is 0 Å². The highest BCUT2D eigenvalue weighted by Crippen LogP contribution is 2.01. The van der Waals surface area contributed by atoms with Crippen molar-refractivity contribution in [2.75, 3.05) is 6.26 Å². The SMILES string of the molecule is CS(=O)c1nc(Br)n[nH]1. The van der Waals surface area contributed by atoms with Gasteiger partial charge in [0.15, 0.2) is 0 Å². The third-order valence-electron chi connectivity index (χ3n) is 0.710. The zero-order chi connectivity index (χ0) is 6.85. The van der Waals surface area contributed by atoms with Gasteiger partial charge in [0.05, 0.1) is 10.8 Å². The summed E-state index contributed by atoms with van der Waals surface area (Å²) < 4.78 is 11.1. The maximum Gasteiger partial charge on any atom is 0.218 e. The summed E-state index contributed by atoms with van der Waals surface area (Å²) in [6.07, 6.45) is 1.53. The average Bonchev–Trinajstić information content (AvgIpc) is 2.14. The molecule has 0 fully saturated rings. The molecule has 1 N–H and O–H groups in total. The minimum atomic E-state index is -1.07. The van der Waals surface area contributed by atoms with E-state index in [2.05, 4.69) is 31.1 Å². The number of nitrogens with one attached hydrogen (secondary N) is 1. The molecule has 0 amide bonds. The number of halogens is 1. The molecule has 9 heavy (non-hydrogen) atoms. The number of H-pyrrole nitrogens is 1. The number of aromatic amines is 1. The third-order valence-corrected chi connectivity index (χ3v) is 1.79. The Morgan fingerprint density at radius 1 is 1.78 bits per heavy atom. The van der Waals surface area contributed by atoms with Crippen LogP contribution < -0.4 is 0 Å². The Morgan fingerprint density at radius 3 is 2.67 bits per heavy atom. The van der Waals surface area contributed by atoms with Gasteiger partial charge in [-0.25, -0.2) is 0 Å². The molecule has 1 rings (SSSR count). The van der Waals surface area contributed by atoms with Crippen molar-refractivity contribution in [2.24, 2.45) is 0 Å². The largest absolute Gasteiger partial charge is 0.251 e. The molecule has 6 heteroatoms. The quantitative estimate of drug-likeness (QED) is 0.725. The van der Waals surface area contributed by atoms with Gasteiger partial charge >= 0.3 is 0 Å². The predicted molar refractivity (Wildman–Crippen MR) is 36.4 cm³/mol. The summed E-state index contributed by atoms with van der Waals surface area (Å²) in [6.45, 7) is 0. The Bertz CT molecular complexity index is 235. The van der Waals surface area contributed by atoms with E-state index in [1.54, 1.807) is 0 Å². The number of rotatable bonds is 1. The monoisotopic (exact) mass is 209 g/mol. The molecule has 50 valence electrons. The lowest BCUT2D eigenvalue weighted by Gasteiger charge is -1.80. The summed E-state index contributed by atoms with van der Waals surface area (Å²) in [5.74, 6) is 0. The second kappa shape index (κ2) is 2.57. The van der Waals surface area contributed by atoms with E-state index in [0.29, 0.717) is 9.89 Å². The van der Waals surface area contributed by atoms with Gasteiger partial charge in [-0.1, -0.05) is 0 Å². The first-order chi connectivity index (χ1) is 4.20. The minimum absolute atomic E-state index is 0.391. The fourth-order valence-electron chi connectivity index (χ4n) is 0.356. The lowest BCUT2D eigenvalue weighted by molar-refractivity contribution is 0.680. The number of hydrogen-bond acceptors (Lipinski definition) is 3. The predicted octanol–water partition coefficient (Wildman–Crippen LogP) is 0.305. The normalized spacial score (nSPS) is 13.6. The van der Waals surface area contributed by atoms with Crippen LogP contribution in [0.15, 0.2) is 9.89 Å².